The van der Waals surface area contributed by atoms with Crippen LogP contribution in [0, 0.1) is 5.92 Å². The quantitative estimate of drug-likeness (QED) is 0.750. The summed E-state index contributed by atoms with van der Waals surface area (Å²) in [6.07, 6.45) is 5.93. The lowest BCUT2D eigenvalue weighted by Gasteiger charge is -2.32. The summed E-state index contributed by atoms with van der Waals surface area (Å²) in [6, 6.07) is 11.7. The summed E-state index contributed by atoms with van der Waals surface area (Å²) in [5.41, 5.74) is 1.70. The van der Waals surface area contributed by atoms with Crippen molar-refractivity contribution in [1.82, 2.24) is 15.2 Å². The standard InChI is InChI=1S/C20H23N3O2/c24-20(17-6-5-16-7-8-21-19(16)11-17)22-12-15-3-1-9-23(13-15)14-18-4-2-10-25-18/h2,4-8,10-11,15,21H,1,3,9,12-14H2,(H,22,24)/t15-/m0/s1. The number of nitrogens with zero attached hydrogens (tertiary/aromatic N) is 1. The maximum atomic E-state index is 12.4. The average Bonchev–Trinajstić information content (AvgIpc) is 3.30. The first-order valence-corrected chi connectivity index (χ1v) is 8.88. The second kappa shape index (κ2) is 7.15. The third kappa shape index (κ3) is 3.77. The zero-order valence-electron chi connectivity index (χ0n) is 14.2. The van der Waals surface area contributed by atoms with Crippen LogP contribution in [0.4, 0.5) is 0 Å². The van der Waals surface area contributed by atoms with Crippen molar-refractivity contribution in [2.24, 2.45) is 5.92 Å². The van der Waals surface area contributed by atoms with E-state index in [4.69, 9.17) is 4.42 Å². The number of benzene rings is 1. The second-order valence-corrected chi connectivity index (χ2v) is 6.81. The molecule has 2 N–H and O–H groups in total. The maximum absolute atomic E-state index is 12.4. The molecule has 25 heavy (non-hydrogen) atoms. The van der Waals surface area contributed by atoms with Gasteiger partial charge in [-0.3, -0.25) is 9.69 Å². The molecule has 0 unspecified atom stereocenters. The van der Waals surface area contributed by atoms with Crippen LogP contribution >= 0.6 is 0 Å². The lowest BCUT2D eigenvalue weighted by molar-refractivity contribution is 0.0928. The number of likely N-dealkylation sites (tertiary alicyclic amines) is 1. The molecule has 5 nitrogen and oxygen atoms in total. The number of hydrogen-bond donors (Lipinski definition) is 2. The molecule has 5 heteroatoms. The fourth-order valence-electron chi connectivity index (χ4n) is 3.61. The molecule has 3 aromatic rings. The molecule has 130 valence electrons. The van der Waals surface area contributed by atoms with E-state index in [2.05, 4.69) is 15.2 Å². The molecule has 1 atom stereocenters. The monoisotopic (exact) mass is 337 g/mol. The van der Waals surface area contributed by atoms with E-state index >= 15 is 0 Å². The van der Waals surface area contributed by atoms with Gasteiger partial charge in [-0.25, -0.2) is 0 Å². The second-order valence-electron chi connectivity index (χ2n) is 6.81. The van der Waals surface area contributed by atoms with Gasteiger partial charge in [0.05, 0.1) is 12.8 Å². The van der Waals surface area contributed by atoms with Crippen LogP contribution in [0.25, 0.3) is 10.9 Å². The van der Waals surface area contributed by atoms with Crippen molar-refractivity contribution in [3.05, 3.63) is 60.2 Å². The Morgan fingerprint density at radius 2 is 2.28 bits per heavy atom. The van der Waals surface area contributed by atoms with Crippen molar-refractivity contribution in [3.63, 3.8) is 0 Å². The van der Waals surface area contributed by atoms with Crippen molar-refractivity contribution in [1.29, 1.82) is 0 Å². The minimum Gasteiger partial charge on any atom is -0.468 e. The zero-order chi connectivity index (χ0) is 17.1. The number of carbonyl (C=O) groups is 1. The van der Waals surface area contributed by atoms with Gasteiger partial charge in [0.1, 0.15) is 5.76 Å². The lowest BCUT2D eigenvalue weighted by Crippen LogP contribution is -2.40. The average molecular weight is 337 g/mol. The highest BCUT2D eigenvalue weighted by molar-refractivity contribution is 5.97. The molecule has 1 aliphatic rings. The van der Waals surface area contributed by atoms with Gasteiger partial charge >= 0.3 is 0 Å². The molecule has 4 rings (SSSR count). The number of carbonyl (C=O) groups excluding carboxylic acids is 1. The van der Waals surface area contributed by atoms with Crippen LogP contribution in [0.3, 0.4) is 0 Å². The number of rotatable bonds is 5. The van der Waals surface area contributed by atoms with Gasteiger partial charge in [-0.2, -0.15) is 0 Å². The van der Waals surface area contributed by atoms with Gasteiger partial charge in [0.25, 0.3) is 5.91 Å². The Labute approximate surface area is 147 Å². The summed E-state index contributed by atoms with van der Waals surface area (Å²) < 4.78 is 5.44. The van der Waals surface area contributed by atoms with E-state index in [0.29, 0.717) is 11.5 Å². The van der Waals surface area contributed by atoms with Crippen LogP contribution in [0.1, 0.15) is 29.0 Å². The smallest absolute Gasteiger partial charge is 0.251 e. The van der Waals surface area contributed by atoms with Gasteiger partial charge in [-0.15, -0.1) is 0 Å². The molecule has 0 bridgehead atoms. The third-order valence-electron chi connectivity index (χ3n) is 4.93. The molecule has 0 saturated carbocycles. The van der Waals surface area contributed by atoms with Crippen LogP contribution < -0.4 is 5.32 Å². The lowest BCUT2D eigenvalue weighted by atomic mass is 9.97. The Morgan fingerprint density at radius 3 is 3.16 bits per heavy atom. The van der Waals surface area contributed by atoms with Crippen LogP contribution in [0.15, 0.2) is 53.3 Å². The SMILES string of the molecule is O=C(NC[C@@H]1CCCN(Cc2ccco2)C1)c1ccc2cc[nH]c2c1. The summed E-state index contributed by atoms with van der Waals surface area (Å²) in [5.74, 6) is 1.49. The van der Waals surface area contributed by atoms with Crippen molar-refractivity contribution < 1.29 is 9.21 Å². The van der Waals surface area contributed by atoms with Crippen LogP contribution in [-0.4, -0.2) is 35.4 Å². The Balaban J connectivity index is 1.31. The van der Waals surface area contributed by atoms with Crippen molar-refractivity contribution >= 4 is 16.8 Å². The molecule has 1 fully saturated rings. The number of nitrogens with one attached hydrogen (secondary N) is 2. The summed E-state index contributed by atoms with van der Waals surface area (Å²) in [7, 11) is 0. The molecule has 1 aromatic carbocycles. The molecule has 0 aliphatic carbocycles. The number of hydrogen-bond acceptors (Lipinski definition) is 3. The van der Waals surface area contributed by atoms with E-state index in [-0.39, 0.29) is 5.91 Å². The topological polar surface area (TPSA) is 61.3 Å². The molecular formula is C20H23N3O2. The fourth-order valence-corrected chi connectivity index (χ4v) is 3.61. The highest BCUT2D eigenvalue weighted by Crippen LogP contribution is 2.19. The Kier molecular flexibility index (Phi) is 4.57. The Hall–Kier alpha value is -2.53. The van der Waals surface area contributed by atoms with Gasteiger partial charge in [-0.05, 0) is 61.0 Å². The highest BCUT2D eigenvalue weighted by Gasteiger charge is 2.21. The summed E-state index contributed by atoms with van der Waals surface area (Å²) in [4.78, 5) is 18.0. The fraction of sp³-hybridized carbons (Fsp3) is 0.350. The number of piperidine rings is 1. The number of fused-ring (bicyclic) bond motifs is 1. The molecule has 1 amide bonds. The van der Waals surface area contributed by atoms with Crippen LogP contribution in [0.2, 0.25) is 0 Å². The van der Waals surface area contributed by atoms with E-state index in [1.807, 2.05) is 42.6 Å². The van der Waals surface area contributed by atoms with Gasteiger partial charge in [0.15, 0.2) is 0 Å². The summed E-state index contributed by atoms with van der Waals surface area (Å²) in [6.45, 7) is 3.66. The molecule has 3 heterocycles. The molecule has 1 aliphatic heterocycles. The molecule has 1 saturated heterocycles. The maximum Gasteiger partial charge on any atom is 0.251 e. The first-order valence-electron chi connectivity index (χ1n) is 8.88. The minimum atomic E-state index is -0.000317. The van der Waals surface area contributed by atoms with E-state index in [9.17, 15) is 4.79 Å². The van der Waals surface area contributed by atoms with Crippen molar-refractivity contribution in [2.75, 3.05) is 19.6 Å². The highest BCUT2D eigenvalue weighted by atomic mass is 16.3. The van der Waals surface area contributed by atoms with Gasteiger partial charge in [0.2, 0.25) is 0 Å². The normalized spacial score (nSPS) is 18.5. The first-order chi connectivity index (χ1) is 12.3. The van der Waals surface area contributed by atoms with Crippen molar-refractivity contribution in [3.8, 4) is 0 Å². The predicted molar refractivity (Wildman–Crippen MR) is 97.3 cm³/mol. The summed E-state index contributed by atoms with van der Waals surface area (Å²) in [5, 5.41) is 4.22. The molecular weight excluding hydrogens is 314 g/mol. The number of furan rings is 1. The first kappa shape index (κ1) is 16.0. The number of aromatic nitrogens is 1. The Morgan fingerprint density at radius 1 is 1.32 bits per heavy atom. The van der Waals surface area contributed by atoms with E-state index in [1.54, 1.807) is 6.26 Å². The Bertz CT molecular complexity index is 838. The number of amides is 1. The summed E-state index contributed by atoms with van der Waals surface area (Å²) >= 11 is 0. The van der Waals surface area contributed by atoms with Crippen LogP contribution in [-0.2, 0) is 6.54 Å². The minimum absolute atomic E-state index is 0.000317. The van der Waals surface area contributed by atoms with Crippen molar-refractivity contribution in [2.45, 2.75) is 19.4 Å². The molecule has 0 radical (unpaired) electrons. The number of aromatic amines is 1. The van der Waals surface area contributed by atoms with Gasteiger partial charge in [0, 0.05) is 30.4 Å². The zero-order valence-corrected chi connectivity index (χ0v) is 14.2. The molecule has 2 aromatic heterocycles. The van der Waals surface area contributed by atoms with Gasteiger partial charge < -0.3 is 14.7 Å². The van der Waals surface area contributed by atoms with Crippen LogP contribution in [0.5, 0.6) is 0 Å². The third-order valence-corrected chi connectivity index (χ3v) is 4.93. The van der Waals surface area contributed by atoms with E-state index < -0.39 is 0 Å². The molecule has 0 spiro atoms. The van der Waals surface area contributed by atoms with E-state index in [1.165, 1.54) is 0 Å². The number of H-pyrrole nitrogens is 1. The van der Waals surface area contributed by atoms with Gasteiger partial charge in [-0.1, -0.05) is 6.07 Å². The van der Waals surface area contributed by atoms with E-state index in [0.717, 1.165) is 55.7 Å². The largest absolute Gasteiger partial charge is 0.468 e. The predicted octanol–water partition coefficient (Wildman–Crippen LogP) is 3.40.